The zero-order valence-electron chi connectivity index (χ0n) is 19.0. The summed E-state index contributed by atoms with van der Waals surface area (Å²) in [5.74, 6) is 1.53. The van der Waals surface area contributed by atoms with Crippen LogP contribution in [-0.2, 0) is 19.5 Å². The smallest absolute Gasteiger partial charge is 0.255 e. The molecule has 0 spiro atoms. The number of rotatable bonds is 4. The number of hydrogen-bond donors (Lipinski definition) is 1. The Labute approximate surface area is 185 Å². The van der Waals surface area contributed by atoms with E-state index in [9.17, 15) is 4.79 Å². The van der Waals surface area contributed by atoms with Crippen molar-refractivity contribution in [3.8, 4) is 0 Å². The standard InChI is InChI=1S/C25H35N5O/c1-18-7-13-30(14-8-18)25-26-23-17-28(12-9-22(23)24(31)27-25)16-20-5-6-21(15-19(20)2)29-10-3-4-11-29/h5-6,15,18H,3-4,7-14,16-17H2,1-2H3,(H,26,27,31). The van der Waals surface area contributed by atoms with Gasteiger partial charge in [-0.3, -0.25) is 14.7 Å². The Hall–Kier alpha value is -2.34. The van der Waals surface area contributed by atoms with Crippen molar-refractivity contribution in [2.24, 2.45) is 5.92 Å². The molecule has 0 unspecified atom stereocenters. The summed E-state index contributed by atoms with van der Waals surface area (Å²) >= 11 is 0. The van der Waals surface area contributed by atoms with Gasteiger partial charge in [0.2, 0.25) is 5.95 Å². The molecule has 2 fully saturated rings. The number of anilines is 2. The molecule has 6 nitrogen and oxygen atoms in total. The maximum absolute atomic E-state index is 12.7. The zero-order valence-corrected chi connectivity index (χ0v) is 19.0. The number of nitrogens with one attached hydrogen (secondary N) is 1. The van der Waals surface area contributed by atoms with E-state index in [0.29, 0.717) is 0 Å². The Morgan fingerprint density at radius 1 is 1.06 bits per heavy atom. The third-order valence-electron chi connectivity index (χ3n) is 7.41. The highest BCUT2D eigenvalue weighted by atomic mass is 16.1. The van der Waals surface area contributed by atoms with Crippen LogP contribution in [0.5, 0.6) is 0 Å². The van der Waals surface area contributed by atoms with Gasteiger partial charge < -0.3 is 9.80 Å². The molecular formula is C25H35N5O. The van der Waals surface area contributed by atoms with Crippen LogP contribution in [0, 0.1) is 12.8 Å². The Bertz CT molecular complexity index is 986. The number of aromatic amines is 1. The van der Waals surface area contributed by atoms with E-state index in [4.69, 9.17) is 4.98 Å². The quantitative estimate of drug-likeness (QED) is 0.819. The third-order valence-corrected chi connectivity index (χ3v) is 7.41. The van der Waals surface area contributed by atoms with Gasteiger partial charge in [-0.15, -0.1) is 0 Å². The summed E-state index contributed by atoms with van der Waals surface area (Å²) < 4.78 is 0. The van der Waals surface area contributed by atoms with E-state index >= 15 is 0 Å². The molecule has 0 aliphatic carbocycles. The number of hydrogen-bond acceptors (Lipinski definition) is 5. The van der Waals surface area contributed by atoms with Gasteiger partial charge in [-0.25, -0.2) is 4.98 Å². The van der Waals surface area contributed by atoms with E-state index in [2.05, 4.69) is 51.7 Å². The first-order valence-corrected chi connectivity index (χ1v) is 12.0. The van der Waals surface area contributed by atoms with Crippen LogP contribution in [0.25, 0.3) is 0 Å². The Morgan fingerprint density at radius 3 is 2.58 bits per heavy atom. The topological polar surface area (TPSA) is 55.5 Å². The van der Waals surface area contributed by atoms with Crippen molar-refractivity contribution < 1.29 is 0 Å². The highest BCUT2D eigenvalue weighted by Crippen LogP contribution is 2.26. The van der Waals surface area contributed by atoms with Crippen LogP contribution in [-0.4, -0.2) is 47.6 Å². The summed E-state index contributed by atoms with van der Waals surface area (Å²) in [5, 5.41) is 0. The van der Waals surface area contributed by atoms with E-state index in [0.717, 1.165) is 62.3 Å². The van der Waals surface area contributed by atoms with Crippen LogP contribution in [0.2, 0.25) is 0 Å². The van der Waals surface area contributed by atoms with Crippen molar-refractivity contribution in [2.75, 3.05) is 42.5 Å². The molecule has 0 atom stereocenters. The van der Waals surface area contributed by atoms with Crippen molar-refractivity contribution >= 4 is 11.6 Å². The molecule has 0 bridgehead atoms. The predicted molar refractivity (Wildman–Crippen MR) is 126 cm³/mol. The number of benzene rings is 1. The molecule has 1 aromatic carbocycles. The van der Waals surface area contributed by atoms with E-state index < -0.39 is 0 Å². The van der Waals surface area contributed by atoms with Crippen LogP contribution in [0.1, 0.15) is 55.0 Å². The molecule has 1 N–H and O–H groups in total. The maximum atomic E-state index is 12.7. The molecule has 4 heterocycles. The largest absolute Gasteiger partial charge is 0.372 e. The minimum atomic E-state index is 0.0596. The lowest BCUT2D eigenvalue weighted by Crippen LogP contribution is -2.39. The minimum absolute atomic E-state index is 0.0596. The van der Waals surface area contributed by atoms with Crippen LogP contribution in [0.4, 0.5) is 11.6 Å². The van der Waals surface area contributed by atoms with Crippen molar-refractivity contribution in [3.05, 3.63) is 50.9 Å². The molecule has 2 aromatic rings. The molecule has 3 aliphatic rings. The second kappa shape index (κ2) is 8.65. The van der Waals surface area contributed by atoms with Gasteiger partial charge in [0.15, 0.2) is 0 Å². The first kappa shape index (κ1) is 20.6. The fraction of sp³-hybridized carbons (Fsp3) is 0.600. The number of aryl methyl sites for hydroxylation is 1. The molecule has 6 heteroatoms. The van der Waals surface area contributed by atoms with Crippen molar-refractivity contribution in [1.82, 2.24) is 14.9 Å². The number of H-pyrrole nitrogens is 1. The predicted octanol–water partition coefficient (Wildman–Crippen LogP) is 3.47. The van der Waals surface area contributed by atoms with Crippen molar-refractivity contribution in [3.63, 3.8) is 0 Å². The molecule has 1 aromatic heterocycles. The maximum Gasteiger partial charge on any atom is 0.255 e. The Morgan fingerprint density at radius 2 is 1.84 bits per heavy atom. The molecule has 0 saturated carbocycles. The fourth-order valence-corrected chi connectivity index (χ4v) is 5.26. The molecule has 31 heavy (non-hydrogen) atoms. The molecular weight excluding hydrogens is 386 g/mol. The lowest BCUT2D eigenvalue weighted by atomic mass is 9.99. The molecule has 3 aliphatic heterocycles. The van der Waals surface area contributed by atoms with E-state index in [-0.39, 0.29) is 5.56 Å². The van der Waals surface area contributed by atoms with Gasteiger partial charge in [0.05, 0.1) is 5.69 Å². The van der Waals surface area contributed by atoms with Gasteiger partial charge in [0.25, 0.3) is 5.56 Å². The Balaban J connectivity index is 1.30. The second-order valence-electron chi connectivity index (χ2n) is 9.75. The monoisotopic (exact) mass is 421 g/mol. The number of nitrogens with zero attached hydrogens (tertiary/aromatic N) is 4. The summed E-state index contributed by atoms with van der Waals surface area (Å²) in [6.07, 6.45) is 5.72. The van der Waals surface area contributed by atoms with Gasteiger partial charge >= 0.3 is 0 Å². The van der Waals surface area contributed by atoms with E-state index in [1.54, 1.807) is 0 Å². The molecule has 0 radical (unpaired) electrons. The van der Waals surface area contributed by atoms with Gasteiger partial charge in [0, 0.05) is 57.1 Å². The number of piperidine rings is 1. The van der Waals surface area contributed by atoms with Crippen molar-refractivity contribution in [2.45, 2.75) is 59.0 Å². The molecule has 166 valence electrons. The molecule has 0 amide bonds. The summed E-state index contributed by atoms with van der Waals surface area (Å²) in [5.41, 5.74) is 6.00. The SMILES string of the molecule is Cc1cc(N2CCCC2)ccc1CN1CCc2c(nc(N3CCC(C)CC3)[nH]c2=O)C1. The van der Waals surface area contributed by atoms with Crippen LogP contribution >= 0.6 is 0 Å². The molecule has 2 saturated heterocycles. The van der Waals surface area contributed by atoms with Crippen LogP contribution in [0.15, 0.2) is 23.0 Å². The van der Waals surface area contributed by atoms with Crippen LogP contribution in [0.3, 0.4) is 0 Å². The number of aromatic nitrogens is 2. The fourth-order valence-electron chi connectivity index (χ4n) is 5.26. The summed E-state index contributed by atoms with van der Waals surface area (Å²) in [4.78, 5) is 27.9. The van der Waals surface area contributed by atoms with Crippen LogP contribution < -0.4 is 15.4 Å². The second-order valence-corrected chi connectivity index (χ2v) is 9.75. The highest BCUT2D eigenvalue weighted by molar-refractivity contribution is 5.51. The Kier molecular flexibility index (Phi) is 5.74. The normalized spacial score (nSPS) is 20.3. The lowest BCUT2D eigenvalue weighted by Gasteiger charge is -2.32. The lowest BCUT2D eigenvalue weighted by molar-refractivity contribution is 0.240. The third kappa shape index (κ3) is 4.36. The van der Waals surface area contributed by atoms with E-state index in [1.165, 1.54) is 55.6 Å². The average Bonchev–Trinajstić information content (AvgIpc) is 3.30. The van der Waals surface area contributed by atoms with E-state index in [1.807, 2.05) is 0 Å². The molecule has 5 rings (SSSR count). The summed E-state index contributed by atoms with van der Waals surface area (Å²) in [6.45, 7) is 11.4. The van der Waals surface area contributed by atoms with Crippen molar-refractivity contribution in [1.29, 1.82) is 0 Å². The van der Waals surface area contributed by atoms with Gasteiger partial charge in [-0.1, -0.05) is 13.0 Å². The summed E-state index contributed by atoms with van der Waals surface area (Å²) in [6, 6.07) is 6.92. The van der Waals surface area contributed by atoms with Gasteiger partial charge in [-0.2, -0.15) is 0 Å². The highest BCUT2D eigenvalue weighted by Gasteiger charge is 2.24. The van der Waals surface area contributed by atoms with Gasteiger partial charge in [0.1, 0.15) is 0 Å². The zero-order chi connectivity index (χ0) is 21.4. The summed E-state index contributed by atoms with van der Waals surface area (Å²) in [7, 11) is 0. The average molecular weight is 422 g/mol. The minimum Gasteiger partial charge on any atom is -0.372 e. The first-order valence-electron chi connectivity index (χ1n) is 12.0. The van der Waals surface area contributed by atoms with Gasteiger partial charge in [-0.05, 0) is 68.2 Å². The number of fused-ring (bicyclic) bond motifs is 1. The first-order chi connectivity index (χ1) is 15.1.